The van der Waals surface area contributed by atoms with Gasteiger partial charge in [-0.25, -0.2) is 0 Å². The van der Waals surface area contributed by atoms with Crippen molar-refractivity contribution in [2.45, 2.75) is 13.0 Å². The first kappa shape index (κ1) is 17.0. The highest BCUT2D eigenvalue weighted by molar-refractivity contribution is 5.76. The third-order valence-corrected chi connectivity index (χ3v) is 2.87. The van der Waals surface area contributed by atoms with Gasteiger partial charge in [0.05, 0.1) is 19.3 Å². The number of carbonyl (C=O) groups is 1. The maximum atomic E-state index is 11.5. The van der Waals surface area contributed by atoms with Crippen molar-refractivity contribution >= 4 is 5.91 Å². The number of nitrogens with one attached hydrogen (secondary N) is 2. The lowest BCUT2D eigenvalue weighted by molar-refractivity contribution is -0.121. The lowest BCUT2D eigenvalue weighted by Gasteiger charge is -2.08. The Morgan fingerprint density at radius 3 is 2.81 bits per heavy atom. The van der Waals surface area contributed by atoms with Crippen LogP contribution in [0.1, 0.15) is 17.5 Å². The number of ether oxygens (including phenoxy) is 2. The second-order valence-corrected chi connectivity index (χ2v) is 4.42. The number of nitrogens with zero attached hydrogens (tertiary/aromatic N) is 1. The highest BCUT2D eigenvalue weighted by atomic mass is 16.5. The second kappa shape index (κ2) is 9.75. The molecule has 0 aliphatic carbocycles. The predicted octanol–water partition coefficient (Wildman–Crippen LogP) is 0.809. The minimum Gasteiger partial charge on any atom is -0.495 e. The largest absolute Gasteiger partial charge is 0.495 e. The first-order chi connectivity index (χ1) is 10.2. The maximum absolute atomic E-state index is 11.5. The third kappa shape index (κ3) is 6.25. The summed E-state index contributed by atoms with van der Waals surface area (Å²) in [5, 5.41) is 14.8. The molecule has 0 bridgehead atoms. The predicted molar refractivity (Wildman–Crippen MR) is 78.9 cm³/mol. The van der Waals surface area contributed by atoms with Crippen LogP contribution in [0.5, 0.6) is 5.75 Å². The molecule has 1 rings (SSSR count). The van der Waals surface area contributed by atoms with Gasteiger partial charge in [0.25, 0.3) is 0 Å². The van der Waals surface area contributed by atoms with Gasteiger partial charge in [0.1, 0.15) is 11.8 Å². The first-order valence-electron chi connectivity index (χ1n) is 6.74. The Morgan fingerprint density at radius 2 is 2.14 bits per heavy atom. The van der Waals surface area contributed by atoms with Gasteiger partial charge in [-0.3, -0.25) is 4.79 Å². The summed E-state index contributed by atoms with van der Waals surface area (Å²) in [6.45, 7) is 2.25. The number of methoxy groups -OCH3 is 2. The van der Waals surface area contributed by atoms with Gasteiger partial charge >= 0.3 is 0 Å². The lowest BCUT2D eigenvalue weighted by Crippen LogP contribution is -2.29. The Labute approximate surface area is 125 Å². The molecule has 6 nitrogen and oxygen atoms in total. The van der Waals surface area contributed by atoms with Crippen LogP contribution in [0.25, 0.3) is 0 Å². The van der Waals surface area contributed by atoms with Crippen LogP contribution in [0, 0.1) is 11.3 Å². The van der Waals surface area contributed by atoms with Crippen molar-refractivity contribution in [1.29, 1.82) is 5.26 Å². The molecule has 0 fully saturated rings. The fraction of sp³-hybridized carbons (Fsp3) is 0.467. The molecule has 0 aliphatic heterocycles. The van der Waals surface area contributed by atoms with E-state index in [9.17, 15) is 4.79 Å². The fourth-order valence-electron chi connectivity index (χ4n) is 1.75. The third-order valence-electron chi connectivity index (χ3n) is 2.87. The normalized spacial score (nSPS) is 9.95. The summed E-state index contributed by atoms with van der Waals surface area (Å²) in [6, 6.07) is 7.49. The molecule has 0 saturated heterocycles. The number of carbonyl (C=O) groups excluding carboxylic acids is 1. The molecule has 0 spiro atoms. The highest BCUT2D eigenvalue weighted by Crippen LogP contribution is 2.18. The van der Waals surface area contributed by atoms with Gasteiger partial charge in [-0.05, 0) is 17.7 Å². The van der Waals surface area contributed by atoms with Crippen molar-refractivity contribution in [2.75, 3.05) is 33.9 Å². The molecule has 0 radical (unpaired) electrons. The van der Waals surface area contributed by atoms with Crippen molar-refractivity contribution in [3.05, 3.63) is 29.3 Å². The second-order valence-electron chi connectivity index (χ2n) is 4.42. The zero-order valence-corrected chi connectivity index (χ0v) is 12.4. The van der Waals surface area contributed by atoms with Gasteiger partial charge in [-0.2, -0.15) is 5.26 Å². The molecule has 0 atom stereocenters. The molecular weight excluding hydrogens is 270 g/mol. The average molecular weight is 291 g/mol. The minimum atomic E-state index is -0.00282. The van der Waals surface area contributed by atoms with E-state index in [1.165, 1.54) is 7.11 Å². The monoisotopic (exact) mass is 291 g/mol. The molecule has 1 aromatic rings. The summed E-state index contributed by atoms with van der Waals surface area (Å²) in [5.74, 6) is 0.561. The van der Waals surface area contributed by atoms with Crippen molar-refractivity contribution in [3.8, 4) is 11.8 Å². The van der Waals surface area contributed by atoms with Crippen LogP contribution in [-0.2, 0) is 16.1 Å². The van der Waals surface area contributed by atoms with Crippen LogP contribution in [0.15, 0.2) is 18.2 Å². The Hall–Kier alpha value is -2.10. The van der Waals surface area contributed by atoms with E-state index < -0.39 is 0 Å². The van der Waals surface area contributed by atoms with E-state index in [2.05, 4.69) is 16.7 Å². The molecule has 0 unspecified atom stereocenters. The first-order valence-corrected chi connectivity index (χ1v) is 6.74. The summed E-state index contributed by atoms with van der Waals surface area (Å²) in [5.41, 5.74) is 1.52. The Morgan fingerprint density at radius 1 is 1.33 bits per heavy atom. The summed E-state index contributed by atoms with van der Waals surface area (Å²) in [4.78, 5) is 11.5. The zero-order chi connectivity index (χ0) is 15.5. The van der Waals surface area contributed by atoms with Gasteiger partial charge in [0.2, 0.25) is 5.91 Å². The molecule has 2 N–H and O–H groups in total. The topological polar surface area (TPSA) is 83.4 Å². The molecule has 1 aromatic carbocycles. The molecule has 114 valence electrons. The van der Waals surface area contributed by atoms with Crippen LogP contribution in [0.3, 0.4) is 0 Å². The number of hydrogen-bond acceptors (Lipinski definition) is 5. The van der Waals surface area contributed by atoms with E-state index in [1.807, 2.05) is 12.1 Å². The average Bonchev–Trinajstić information content (AvgIpc) is 2.51. The quantitative estimate of drug-likeness (QED) is 0.658. The van der Waals surface area contributed by atoms with Gasteiger partial charge in [0.15, 0.2) is 0 Å². The van der Waals surface area contributed by atoms with Crippen LogP contribution in [0.2, 0.25) is 0 Å². The molecule has 21 heavy (non-hydrogen) atoms. The number of rotatable bonds is 9. The van der Waals surface area contributed by atoms with E-state index in [0.29, 0.717) is 44.0 Å². The van der Waals surface area contributed by atoms with Crippen LogP contribution >= 0.6 is 0 Å². The summed E-state index contributed by atoms with van der Waals surface area (Å²) < 4.78 is 10.0. The molecule has 6 heteroatoms. The van der Waals surface area contributed by atoms with E-state index >= 15 is 0 Å². The standard InChI is InChI=1S/C15H21N3O3/c1-20-8-7-18-15(19)5-6-17-11-12-3-4-13(10-16)14(9-12)21-2/h3-4,9,17H,5-8,11H2,1-2H3,(H,18,19). The summed E-state index contributed by atoms with van der Waals surface area (Å²) in [7, 11) is 3.14. The van der Waals surface area contributed by atoms with Crippen molar-refractivity contribution in [3.63, 3.8) is 0 Å². The van der Waals surface area contributed by atoms with E-state index in [1.54, 1.807) is 13.2 Å². The maximum Gasteiger partial charge on any atom is 0.221 e. The van der Waals surface area contributed by atoms with Crippen molar-refractivity contribution in [2.24, 2.45) is 0 Å². The molecule has 1 amide bonds. The number of hydrogen-bond donors (Lipinski definition) is 2. The number of benzene rings is 1. The molecular formula is C15H21N3O3. The molecule has 0 saturated carbocycles. The molecule has 0 aliphatic rings. The number of nitriles is 1. The number of amides is 1. The Balaban J connectivity index is 2.30. The van der Waals surface area contributed by atoms with Crippen molar-refractivity contribution < 1.29 is 14.3 Å². The van der Waals surface area contributed by atoms with Gasteiger partial charge < -0.3 is 20.1 Å². The van der Waals surface area contributed by atoms with Gasteiger partial charge in [-0.15, -0.1) is 0 Å². The molecule has 0 heterocycles. The summed E-state index contributed by atoms with van der Waals surface area (Å²) in [6.07, 6.45) is 0.414. The van der Waals surface area contributed by atoms with Crippen molar-refractivity contribution in [1.82, 2.24) is 10.6 Å². The van der Waals surface area contributed by atoms with Gasteiger partial charge in [-0.1, -0.05) is 6.07 Å². The van der Waals surface area contributed by atoms with E-state index in [0.717, 1.165) is 5.56 Å². The van der Waals surface area contributed by atoms with E-state index in [4.69, 9.17) is 14.7 Å². The zero-order valence-electron chi connectivity index (χ0n) is 12.4. The Kier molecular flexibility index (Phi) is 7.87. The highest BCUT2D eigenvalue weighted by Gasteiger charge is 2.04. The summed E-state index contributed by atoms with van der Waals surface area (Å²) >= 11 is 0. The minimum absolute atomic E-state index is 0.00282. The van der Waals surface area contributed by atoms with Gasteiger partial charge in [0, 0.05) is 33.2 Å². The molecule has 0 aromatic heterocycles. The lowest BCUT2D eigenvalue weighted by atomic mass is 10.1. The Bertz CT molecular complexity index is 497. The SMILES string of the molecule is COCCNC(=O)CCNCc1ccc(C#N)c(OC)c1. The smallest absolute Gasteiger partial charge is 0.221 e. The van der Waals surface area contributed by atoms with Crippen LogP contribution < -0.4 is 15.4 Å². The van der Waals surface area contributed by atoms with E-state index in [-0.39, 0.29) is 5.91 Å². The van der Waals surface area contributed by atoms with Crippen LogP contribution in [-0.4, -0.2) is 39.8 Å². The fourth-order valence-corrected chi connectivity index (χ4v) is 1.75. The van der Waals surface area contributed by atoms with Crippen LogP contribution in [0.4, 0.5) is 0 Å².